The molecule has 0 atom stereocenters. The predicted molar refractivity (Wildman–Crippen MR) is 100 cm³/mol. The van der Waals surface area contributed by atoms with Gasteiger partial charge in [-0.05, 0) is 49.4 Å². The highest BCUT2D eigenvalue weighted by Gasteiger charge is 2.14. The highest BCUT2D eigenvalue weighted by atomic mass is 32.2. The summed E-state index contributed by atoms with van der Waals surface area (Å²) in [4.78, 5) is 4.79. The maximum atomic E-state index is 9.67. The second kappa shape index (κ2) is 6.59. The molecule has 0 saturated heterocycles. The summed E-state index contributed by atoms with van der Waals surface area (Å²) in [5.41, 5.74) is 10.8. The SMILES string of the molecule is CCCCSc1c(-c2ccc(O)c(N)c2)[nH]c2ccc(C)cc12. The summed E-state index contributed by atoms with van der Waals surface area (Å²) < 4.78 is 0. The fraction of sp³-hybridized carbons (Fsp3) is 0.263. The number of nitrogens with one attached hydrogen (secondary N) is 1. The summed E-state index contributed by atoms with van der Waals surface area (Å²) in [5, 5.41) is 10.9. The van der Waals surface area contributed by atoms with Crippen molar-refractivity contribution >= 4 is 28.4 Å². The van der Waals surface area contributed by atoms with Gasteiger partial charge in [0.15, 0.2) is 0 Å². The lowest BCUT2D eigenvalue weighted by Crippen LogP contribution is -1.88. The third-order valence-electron chi connectivity index (χ3n) is 3.97. The highest BCUT2D eigenvalue weighted by Crippen LogP contribution is 2.39. The number of aryl methyl sites for hydroxylation is 1. The number of aromatic nitrogens is 1. The first-order valence-electron chi connectivity index (χ1n) is 7.94. The average molecular weight is 326 g/mol. The molecule has 4 N–H and O–H groups in total. The zero-order valence-electron chi connectivity index (χ0n) is 13.5. The number of unbranched alkanes of at least 4 members (excludes halogenated alkanes) is 1. The van der Waals surface area contributed by atoms with Gasteiger partial charge in [0, 0.05) is 21.4 Å². The number of anilines is 1. The van der Waals surface area contributed by atoms with Crippen molar-refractivity contribution in [3.05, 3.63) is 42.0 Å². The summed E-state index contributed by atoms with van der Waals surface area (Å²) in [6.07, 6.45) is 2.39. The van der Waals surface area contributed by atoms with Crippen LogP contribution in [0.4, 0.5) is 5.69 Å². The molecule has 23 heavy (non-hydrogen) atoms. The third-order valence-corrected chi connectivity index (χ3v) is 5.17. The number of benzene rings is 2. The molecule has 2 aromatic carbocycles. The summed E-state index contributed by atoms with van der Waals surface area (Å²) in [7, 11) is 0. The van der Waals surface area contributed by atoms with Gasteiger partial charge in [-0.1, -0.05) is 25.0 Å². The van der Waals surface area contributed by atoms with Crippen LogP contribution in [-0.2, 0) is 0 Å². The van der Waals surface area contributed by atoms with E-state index >= 15 is 0 Å². The first-order valence-corrected chi connectivity index (χ1v) is 8.92. The van der Waals surface area contributed by atoms with Gasteiger partial charge in [-0.25, -0.2) is 0 Å². The van der Waals surface area contributed by atoms with E-state index in [4.69, 9.17) is 5.73 Å². The summed E-state index contributed by atoms with van der Waals surface area (Å²) in [6, 6.07) is 11.9. The van der Waals surface area contributed by atoms with Gasteiger partial charge in [0.2, 0.25) is 0 Å². The highest BCUT2D eigenvalue weighted by molar-refractivity contribution is 7.99. The first kappa shape index (κ1) is 15.8. The van der Waals surface area contributed by atoms with E-state index in [0.717, 1.165) is 22.5 Å². The van der Waals surface area contributed by atoms with Gasteiger partial charge in [0.05, 0.1) is 11.4 Å². The van der Waals surface area contributed by atoms with Crippen molar-refractivity contribution < 1.29 is 5.11 Å². The Morgan fingerprint density at radius 3 is 2.74 bits per heavy atom. The van der Waals surface area contributed by atoms with Gasteiger partial charge in [-0.15, -0.1) is 11.8 Å². The molecule has 3 aromatic rings. The van der Waals surface area contributed by atoms with Crippen molar-refractivity contribution in [2.24, 2.45) is 0 Å². The lowest BCUT2D eigenvalue weighted by atomic mass is 10.1. The van der Waals surface area contributed by atoms with Crippen molar-refractivity contribution in [1.29, 1.82) is 0 Å². The second-order valence-electron chi connectivity index (χ2n) is 5.85. The molecular weight excluding hydrogens is 304 g/mol. The molecule has 0 amide bonds. The van der Waals surface area contributed by atoms with Crippen molar-refractivity contribution in [2.75, 3.05) is 11.5 Å². The Hall–Kier alpha value is -2.07. The van der Waals surface area contributed by atoms with Gasteiger partial charge in [0.1, 0.15) is 5.75 Å². The predicted octanol–water partition coefficient (Wildman–Crippen LogP) is 5.32. The largest absolute Gasteiger partial charge is 0.506 e. The Morgan fingerprint density at radius 2 is 2.00 bits per heavy atom. The minimum absolute atomic E-state index is 0.126. The maximum Gasteiger partial charge on any atom is 0.138 e. The molecule has 0 aliphatic heterocycles. The van der Waals surface area contributed by atoms with Gasteiger partial charge in [-0.2, -0.15) is 0 Å². The molecule has 3 nitrogen and oxygen atoms in total. The number of nitrogen functional groups attached to an aromatic ring is 1. The monoisotopic (exact) mass is 326 g/mol. The van der Waals surface area contributed by atoms with Gasteiger partial charge >= 0.3 is 0 Å². The summed E-state index contributed by atoms with van der Waals surface area (Å²) in [6.45, 7) is 4.33. The van der Waals surface area contributed by atoms with Crippen molar-refractivity contribution in [3.8, 4) is 17.0 Å². The Morgan fingerprint density at radius 1 is 1.17 bits per heavy atom. The van der Waals surface area contributed by atoms with Crippen LogP contribution in [0.1, 0.15) is 25.3 Å². The zero-order chi connectivity index (χ0) is 16.4. The topological polar surface area (TPSA) is 62.0 Å². The number of phenolic OH excluding ortho intramolecular Hbond substituents is 1. The molecule has 120 valence electrons. The Kier molecular flexibility index (Phi) is 4.53. The summed E-state index contributed by atoms with van der Waals surface area (Å²) in [5.74, 6) is 1.22. The molecule has 0 aliphatic rings. The van der Waals surface area contributed by atoms with E-state index in [2.05, 4.69) is 37.0 Å². The average Bonchev–Trinajstić information content (AvgIpc) is 2.88. The molecule has 0 aliphatic carbocycles. The quantitative estimate of drug-likeness (QED) is 0.257. The molecule has 0 spiro atoms. The number of H-pyrrole nitrogens is 1. The normalized spacial score (nSPS) is 11.2. The van der Waals surface area contributed by atoms with Gasteiger partial charge in [-0.3, -0.25) is 0 Å². The smallest absolute Gasteiger partial charge is 0.138 e. The molecule has 0 fully saturated rings. The van der Waals surface area contributed by atoms with Crippen LogP contribution in [0, 0.1) is 6.92 Å². The van der Waals surface area contributed by atoms with Crippen molar-refractivity contribution in [1.82, 2.24) is 4.98 Å². The van der Waals surface area contributed by atoms with Crippen LogP contribution >= 0.6 is 11.8 Å². The van der Waals surface area contributed by atoms with Crippen LogP contribution < -0.4 is 5.73 Å². The molecule has 0 unspecified atom stereocenters. The molecule has 4 heteroatoms. The number of rotatable bonds is 5. The molecule has 0 bridgehead atoms. The Balaban J connectivity index is 2.13. The Bertz CT molecular complexity index is 839. The number of thioether (sulfide) groups is 1. The van der Waals surface area contributed by atoms with E-state index in [9.17, 15) is 5.11 Å². The first-order chi connectivity index (χ1) is 11.1. The minimum Gasteiger partial charge on any atom is -0.506 e. The minimum atomic E-state index is 0.126. The van der Waals surface area contributed by atoms with Gasteiger partial charge < -0.3 is 15.8 Å². The number of hydrogen-bond donors (Lipinski definition) is 3. The van der Waals surface area contributed by atoms with Crippen LogP contribution in [-0.4, -0.2) is 15.8 Å². The molecule has 1 aromatic heterocycles. The molecule has 1 heterocycles. The molecule has 3 rings (SSSR count). The lowest BCUT2D eigenvalue weighted by Gasteiger charge is -2.07. The number of phenols is 1. The number of aromatic amines is 1. The van der Waals surface area contributed by atoms with Crippen molar-refractivity contribution in [2.45, 2.75) is 31.6 Å². The fourth-order valence-electron chi connectivity index (χ4n) is 2.66. The lowest BCUT2D eigenvalue weighted by molar-refractivity contribution is 0.478. The number of nitrogens with two attached hydrogens (primary N) is 1. The molecule has 0 saturated carbocycles. The summed E-state index contributed by atoms with van der Waals surface area (Å²) >= 11 is 1.89. The molecular formula is C19H22N2OS. The fourth-order valence-corrected chi connectivity index (χ4v) is 3.94. The van der Waals surface area contributed by atoms with E-state index in [1.54, 1.807) is 6.07 Å². The zero-order valence-corrected chi connectivity index (χ0v) is 14.3. The number of aromatic hydroxyl groups is 1. The molecule has 0 radical (unpaired) electrons. The third kappa shape index (κ3) is 3.17. The maximum absolute atomic E-state index is 9.67. The van der Waals surface area contributed by atoms with Crippen LogP contribution in [0.5, 0.6) is 5.75 Å². The number of fused-ring (bicyclic) bond motifs is 1. The van der Waals surface area contributed by atoms with Crippen LogP contribution in [0.2, 0.25) is 0 Å². The van der Waals surface area contributed by atoms with Gasteiger partial charge in [0.25, 0.3) is 0 Å². The van der Waals surface area contributed by atoms with E-state index in [-0.39, 0.29) is 5.75 Å². The van der Waals surface area contributed by atoms with E-state index in [1.807, 2.05) is 23.9 Å². The van der Waals surface area contributed by atoms with Crippen molar-refractivity contribution in [3.63, 3.8) is 0 Å². The van der Waals surface area contributed by atoms with Crippen LogP contribution in [0.3, 0.4) is 0 Å². The Labute approximate surface area is 140 Å². The van der Waals surface area contributed by atoms with E-state index < -0.39 is 0 Å². The second-order valence-corrected chi connectivity index (χ2v) is 6.96. The van der Waals surface area contributed by atoms with E-state index in [0.29, 0.717) is 5.69 Å². The number of hydrogen-bond acceptors (Lipinski definition) is 3. The van der Waals surface area contributed by atoms with E-state index in [1.165, 1.54) is 28.7 Å². The van der Waals surface area contributed by atoms with Crippen LogP contribution in [0.25, 0.3) is 22.2 Å². The van der Waals surface area contributed by atoms with Crippen LogP contribution in [0.15, 0.2) is 41.3 Å². The standard InChI is InChI=1S/C19H22N2OS/c1-3-4-9-23-19-14-10-12(2)5-7-16(14)21-18(19)13-6-8-17(22)15(20)11-13/h5-8,10-11,21-22H,3-4,9,20H2,1-2H3.